The Morgan fingerprint density at radius 2 is 1.89 bits per heavy atom. The van der Waals surface area contributed by atoms with Gasteiger partial charge >= 0.3 is 5.97 Å². The lowest BCUT2D eigenvalue weighted by Gasteiger charge is -2.10. The van der Waals surface area contributed by atoms with Crippen molar-refractivity contribution in [3.8, 4) is 0 Å². The van der Waals surface area contributed by atoms with E-state index < -0.39 is 15.0 Å². The topological polar surface area (TPSA) is 69.7 Å². The van der Waals surface area contributed by atoms with Crippen LogP contribution in [0.4, 0.5) is 0 Å². The van der Waals surface area contributed by atoms with E-state index in [1.54, 1.807) is 19.9 Å². The fraction of sp³-hybridized carbons (Fsp3) is 0.417. The minimum atomic E-state index is -3.90. The Morgan fingerprint density at radius 1 is 1.26 bits per heavy atom. The van der Waals surface area contributed by atoms with Crippen molar-refractivity contribution in [1.82, 2.24) is 0 Å². The van der Waals surface area contributed by atoms with Gasteiger partial charge in [-0.05, 0) is 37.1 Å². The number of hydrogen-bond donors (Lipinski definition) is 0. The maximum atomic E-state index is 11.7. The summed E-state index contributed by atoms with van der Waals surface area (Å²) >= 11 is 0. The van der Waals surface area contributed by atoms with E-state index in [1.807, 2.05) is 0 Å². The lowest BCUT2D eigenvalue weighted by atomic mass is 10.1. The molecule has 0 fully saturated rings. The SMILES string of the molecule is COCCOC(=O)c1cc(C)c(C)c(S(=O)(=O)Cl)c1. The number of ether oxygens (including phenoxy) is 2. The Kier molecular flexibility index (Phi) is 5.34. The molecule has 0 amide bonds. The monoisotopic (exact) mass is 306 g/mol. The summed E-state index contributed by atoms with van der Waals surface area (Å²) in [4.78, 5) is 11.7. The van der Waals surface area contributed by atoms with E-state index in [-0.39, 0.29) is 23.7 Å². The van der Waals surface area contributed by atoms with Crippen molar-refractivity contribution in [2.24, 2.45) is 0 Å². The number of aryl methyl sites for hydroxylation is 1. The van der Waals surface area contributed by atoms with Crippen LogP contribution in [-0.4, -0.2) is 34.7 Å². The Bertz CT molecular complexity index is 580. The van der Waals surface area contributed by atoms with Gasteiger partial charge in [0.05, 0.1) is 17.1 Å². The van der Waals surface area contributed by atoms with Gasteiger partial charge in [-0.1, -0.05) is 0 Å². The van der Waals surface area contributed by atoms with Crippen LogP contribution in [0.15, 0.2) is 17.0 Å². The van der Waals surface area contributed by atoms with Crippen molar-refractivity contribution >= 4 is 25.7 Å². The van der Waals surface area contributed by atoms with Crippen molar-refractivity contribution in [2.45, 2.75) is 18.7 Å². The van der Waals surface area contributed by atoms with Gasteiger partial charge in [0.2, 0.25) is 0 Å². The third-order valence-electron chi connectivity index (χ3n) is 2.64. The van der Waals surface area contributed by atoms with Crippen LogP contribution in [0.2, 0.25) is 0 Å². The molecule has 0 radical (unpaired) electrons. The smallest absolute Gasteiger partial charge is 0.338 e. The third-order valence-corrected chi connectivity index (χ3v) is 4.09. The summed E-state index contributed by atoms with van der Waals surface area (Å²) in [7, 11) is 2.93. The number of rotatable bonds is 5. The van der Waals surface area contributed by atoms with E-state index in [9.17, 15) is 13.2 Å². The average Bonchev–Trinajstić information content (AvgIpc) is 2.31. The summed E-state index contributed by atoms with van der Waals surface area (Å²) in [6.07, 6.45) is 0. The van der Waals surface area contributed by atoms with Crippen LogP contribution in [0, 0.1) is 13.8 Å². The molecule has 0 saturated carbocycles. The summed E-state index contributed by atoms with van der Waals surface area (Å²) in [5.41, 5.74) is 1.32. The molecule has 0 heterocycles. The van der Waals surface area contributed by atoms with E-state index in [2.05, 4.69) is 0 Å². The summed E-state index contributed by atoms with van der Waals surface area (Å²) in [5.74, 6) is -0.610. The number of methoxy groups -OCH3 is 1. The minimum absolute atomic E-state index is 0.0761. The predicted octanol–water partition coefficient (Wildman–Crippen LogP) is 2.03. The molecular weight excluding hydrogens is 292 g/mol. The fourth-order valence-corrected chi connectivity index (χ4v) is 2.77. The van der Waals surface area contributed by atoms with Crippen molar-refractivity contribution in [1.29, 1.82) is 0 Å². The van der Waals surface area contributed by atoms with Crippen LogP contribution < -0.4 is 0 Å². The molecule has 0 unspecified atom stereocenters. The molecule has 106 valence electrons. The van der Waals surface area contributed by atoms with Crippen LogP contribution in [-0.2, 0) is 18.5 Å². The first-order valence-corrected chi connectivity index (χ1v) is 7.80. The Hall–Kier alpha value is -1.11. The fourth-order valence-electron chi connectivity index (χ4n) is 1.50. The molecule has 0 aliphatic rings. The Balaban J connectivity index is 3.11. The second-order valence-electron chi connectivity index (χ2n) is 3.98. The molecule has 19 heavy (non-hydrogen) atoms. The van der Waals surface area contributed by atoms with E-state index in [0.717, 1.165) is 0 Å². The van der Waals surface area contributed by atoms with E-state index in [1.165, 1.54) is 13.2 Å². The number of hydrogen-bond acceptors (Lipinski definition) is 5. The summed E-state index contributed by atoms with van der Waals surface area (Å²) in [6, 6.07) is 2.79. The van der Waals surface area contributed by atoms with Gasteiger partial charge in [-0.15, -0.1) is 0 Å². The zero-order chi connectivity index (χ0) is 14.6. The lowest BCUT2D eigenvalue weighted by molar-refractivity contribution is 0.0387. The first kappa shape index (κ1) is 15.9. The first-order chi connectivity index (χ1) is 8.77. The standard InChI is InChI=1S/C12H15ClO5S/c1-8-6-10(12(14)18-5-4-17-3)7-11(9(8)2)19(13,15)16/h6-7H,4-5H2,1-3H3. The van der Waals surface area contributed by atoms with Gasteiger partial charge in [0.15, 0.2) is 0 Å². The largest absolute Gasteiger partial charge is 0.460 e. The van der Waals surface area contributed by atoms with E-state index in [4.69, 9.17) is 20.2 Å². The first-order valence-electron chi connectivity index (χ1n) is 5.49. The molecule has 1 aromatic rings. The lowest BCUT2D eigenvalue weighted by Crippen LogP contribution is -2.11. The number of esters is 1. The van der Waals surface area contributed by atoms with Crippen molar-refractivity contribution in [3.05, 3.63) is 28.8 Å². The summed E-state index contributed by atoms with van der Waals surface area (Å²) < 4.78 is 32.6. The number of carbonyl (C=O) groups excluding carboxylic acids is 1. The molecule has 0 aromatic heterocycles. The van der Waals surface area contributed by atoms with Gasteiger partial charge in [-0.25, -0.2) is 13.2 Å². The highest BCUT2D eigenvalue weighted by molar-refractivity contribution is 8.13. The van der Waals surface area contributed by atoms with Gasteiger partial charge in [-0.2, -0.15) is 0 Å². The molecule has 0 aliphatic carbocycles. The molecule has 0 atom stereocenters. The number of carbonyl (C=O) groups is 1. The highest BCUT2D eigenvalue weighted by Gasteiger charge is 2.19. The van der Waals surface area contributed by atoms with Crippen molar-refractivity contribution in [2.75, 3.05) is 20.3 Å². The van der Waals surface area contributed by atoms with Gasteiger partial charge in [0, 0.05) is 17.8 Å². The predicted molar refractivity (Wildman–Crippen MR) is 71.1 cm³/mol. The zero-order valence-electron chi connectivity index (χ0n) is 10.9. The molecule has 0 N–H and O–H groups in total. The van der Waals surface area contributed by atoms with Crippen LogP contribution >= 0.6 is 10.7 Å². The molecule has 0 spiro atoms. The molecule has 1 aromatic carbocycles. The van der Waals surface area contributed by atoms with E-state index >= 15 is 0 Å². The summed E-state index contributed by atoms with van der Waals surface area (Å²) in [6.45, 7) is 3.71. The third kappa shape index (κ3) is 4.19. The minimum Gasteiger partial charge on any atom is -0.460 e. The van der Waals surface area contributed by atoms with Crippen molar-refractivity contribution in [3.63, 3.8) is 0 Å². The van der Waals surface area contributed by atoms with Crippen LogP contribution in [0.1, 0.15) is 21.5 Å². The van der Waals surface area contributed by atoms with Gasteiger partial charge in [-0.3, -0.25) is 0 Å². The number of halogens is 1. The van der Waals surface area contributed by atoms with Crippen LogP contribution in [0.5, 0.6) is 0 Å². The van der Waals surface area contributed by atoms with Crippen molar-refractivity contribution < 1.29 is 22.7 Å². The van der Waals surface area contributed by atoms with Gasteiger partial charge < -0.3 is 9.47 Å². The van der Waals surface area contributed by atoms with Gasteiger partial charge in [0.1, 0.15) is 6.61 Å². The van der Waals surface area contributed by atoms with Crippen LogP contribution in [0.3, 0.4) is 0 Å². The highest BCUT2D eigenvalue weighted by atomic mass is 35.7. The maximum absolute atomic E-state index is 11.7. The number of benzene rings is 1. The summed E-state index contributed by atoms with van der Waals surface area (Å²) in [5, 5.41) is 0. The Labute approximate surface area is 116 Å². The molecule has 1 rings (SSSR count). The normalized spacial score (nSPS) is 11.4. The zero-order valence-corrected chi connectivity index (χ0v) is 12.5. The molecule has 0 saturated heterocycles. The maximum Gasteiger partial charge on any atom is 0.338 e. The molecule has 5 nitrogen and oxygen atoms in total. The second kappa shape index (κ2) is 6.36. The van der Waals surface area contributed by atoms with Crippen LogP contribution in [0.25, 0.3) is 0 Å². The molecular formula is C12H15ClO5S. The van der Waals surface area contributed by atoms with Gasteiger partial charge in [0.25, 0.3) is 9.05 Å². The quantitative estimate of drug-likeness (QED) is 0.473. The molecule has 7 heteroatoms. The Morgan fingerprint density at radius 3 is 2.42 bits per heavy atom. The second-order valence-corrected chi connectivity index (χ2v) is 6.52. The highest BCUT2D eigenvalue weighted by Crippen LogP contribution is 2.24. The average molecular weight is 307 g/mol. The van der Waals surface area contributed by atoms with E-state index in [0.29, 0.717) is 11.1 Å². The molecule has 0 bridgehead atoms. The molecule has 0 aliphatic heterocycles.